The number of pyridine rings is 1. The summed E-state index contributed by atoms with van der Waals surface area (Å²) in [6, 6.07) is 3.75. The SMILES string of the molecule is CNc1ccc(NC(=O)CC2CC3CCC2C3)cn1.Cl. The van der Waals surface area contributed by atoms with Crippen LogP contribution in [0.2, 0.25) is 0 Å². The van der Waals surface area contributed by atoms with Crippen molar-refractivity contribution in [3.63, 3.8) is 0 Å². The molecule has 0 aromatic carbocycles. The van der Waals surface area contributed by atoms with Crippen LogP contribution in [0.1, 0.15) is 32.1 Å². The van der Waals surface area contributed by atoms with Gasteiger partial charge in [0.25, 0.3) is 0 Å². The van der Waals surface area contributed by atoms with Gasteiger partial charge in [-0.1, -0.05) is 6.42 Å². The molecule has 4 nitrogen and oxygen atoms in total. The summed E-state index contributed by atoms with van der Waals surface area (Å²) in [5, 5.41) is 5.91. The molecule has 1 heterocycles. The van der Waals surface area contributed by atoms with E-state index in [9.17, 15) is 4.79 Å². The molecule has 3 atom stereocenters. The summed E-state index contributed by atoms with van der Waals surface area (Å²) in [5.74, 6) is 3.27. The Kier molecular flexibility index (Phi) is 4.86. The zero-order valence-electron chi connectivity index (χ0n) is 11.8. The van der Waals surface area contributed by atoms with Crippen LogP contribution in [0.15, 0.2) is 18.3 Å². The van der Waals surface area contributed by atoms with Crippen LogP contribution in [0.3, 0.4) is 0 Å². The third-order valence-corrected chi connectivity index (χ3v) is 4.64. The van der Waals surface area contributed by atoms with Crippen LogP contribution in [0.4, 0.5) is 11.5 Å². The Balaban J connectivity index is 0.00000147. The second kappa shape index (κ2) is 6.44. The summed E-state index contributed by atoms with van der Waals surface area (Å²) in [5.41, 5.74) is 0.784. The third kappa shape index (κ3) is 3.23. The van der Waals surface area contributed by atoms with Gasteiger partial charge in [0.15, 0.2) is 0 Å². The molecule has 2 bridgehead atoms. The fourth-order valence-corrected chi connectivity index (χ4v) is 3.69. The van der Waals surface area contributed by atoms with Crippen molar-refractivity contribution >= 4 is 29.8 Å². The average Bonchev–Trinajstić information content (AvgIpc) is 3.02. The fourth-order valence-electron chi connectivity index (χ4n) is 3.69. The quantitative estimate of drug-likeness (QED) is 0.896. The van der Waals surface area contributed by atoms with Gasteiger partial charge in [0.2, 0.25) is 5.91 Å². The van der Waals surface area contributed by atoms with E-state index in [1.165, 1.54) is 25.7 Å². The summed E-state index contributed by atoms with van der Waals surface area (Å²) in [4.78, 5) is 16.2. The lowest BCUT2D eigenvalue weighted by Crippen LogP contribution is -2.20. The lowest BCUT2D eigenvalue weighted by Gasteiger charge is -2.20. The number of halogens is 1. The van der Waals surface area contributed by atoms with Gasteiger partial charge in [0.05, 0.1) is 11.9 Å². The molecule has 0 radical (unpaired) electrons. The number of anilines is 2. The van der Waals surface area contributed by atoms with E-state index in [1.807, 2.05) is 19.2 Å². The predicted octanol–water partition coefficient (Wildman–Crippen LogP) is 3.31. The molecule has 0 spiro atoms. The number of carbonyl (C=O) groups excluding carboxylic acids is 1. The Morgan fingerprint density at radius 1 is 1.35 bits per heavy atom. The normalized spacial score (nSPS) is 26.9. The van der Waals surface area contributed by atoms with Crippen molar-refractivity contribution < 1.29 is 4.79 Å². The summed E-state index contributed by atoms with van der Waals surface area (Å²) < 4.78 is 0. The number of aromatic nitrogens is 1. The molecular formula is C15H22ClN3O. The second-order valence-corrected chi connectivity index (χ2v) is 5.87. The van der Waals surface area contributed by atoms with Crippen molar-refractivity contribution in [1.82, 2.24) is 4.98 Å². The molecule has 2 fully saturated rings. The number of nitrogens with one attached hydrogen (secondary N) is 2. The van der Waals surface area contributed by atoms with E-state index in [2.05, 4.69) is 15.6 Å². The van der Waals surface area contributed by atoms with Gasteiger partial charge in [-0.3, -0.25) is 4.79 Å². The van der Waals surface area contributed by atoms with Gasteiger partial charge in [0, 0.05) is 13.5 Å². The maximum Gasteiger partial charge on any atom is 0.224 e. The standard InChI is InChI=1S/C15H21N3O.ClH/c1-16-14-5-4-13(9-17-14)18-15(19)8-12-7-10-2-3-11(12)6-10;/h4-5,9-12H,2-3,6-8H2,1H3,(H,16,17)(H,18,19);1H. The number of hydrogen-bond donors (Lipinski definition) is 2. The molecule has 2 N–H and O–H groups in total. The molecule has 2 aliphatic carbocycles. The number of nitrogens with zero attached hydrogens (tertiary/aromatic N) is 1. The minimum Gasteiger partial charge on any atom is -0.373 e. The minimum absolute atomic E-state index is 0. The highest BCUT2D eigenvalue weighted by molar-refractivity contribution is 5.90. The van der Waals surface area contributed by atoms with Gasteiger partial charge >= 0.3 is 0 Å². The molecule has 5 heteroatoms. The van der Waals surface area contributed by atoms with Crippen molar-refractivity contribution in [1.29, 1.82) is 0 Å². The summed E-state index contributed by atoms with van der Waals surface area (Å²) in [6.45, 7) is 0. The van der Waals surface area contributed by atoms with Crippen molar-refractivity contribution in [2.24, 2.45) is 17.8 Å². The van der Waals surface area contributed by atoms with E-state index in [0.717, 1.165) is 23.3 Å². The zero-order chi connectivity index (χ0) is 13.2. The van der Waals surface area contributed by atoms with Crippen LogP contribution in [0.5, 0.6) is 0 Å². The lowest BCUT2D eigenvalue weighted by atomic mass is 9.86. The molecular weight excluding hydrogens is 274 g/mol. The molecule has 110 valence electrons. The van der Waals surface area contributed by atoms with Crippen LogP contribution in [-0.2, 0) is 4.79 Å². The number of fused-ring (bicyclic) bond motifs is 2. The van der Waals surface area contributed by atoms with Gasteiger partial charge in [-0.25, -0.2) is 4.98 Å². The van der Waals surface area contributed by atoms with Crippen molar-refractivity contribution in [3.8, 4) is 0 Å². The van der Waals surface area contributed by atoms with E-state index >= 15 is 0 Å². The highest BCUT2D eigenvalue weighted by Crippen LogP contribution is 2.49. The highest BCUT2D eigenvalue weighted by Gasteiger charge is 2.40. The van der Waals surface area contributed by atoms with Gasteiger partial charge in [-0.2, -0.15) is 0 Å². The largest absolute Gasteiger partial charge is 0.373 e. The monoisotopic (exact) mass is 295 g/mol. The Labute approximate surface area is 126 Å². The summed E-state index contributed by atoms with van der Waals surface area (Å²) >= 11 is 0. The Morgan fingerprint density at radius 2 is 2.20 bits per heavy atom. The molecule has 2 aliphatic rings. The van der Waals surface area contributed by atoms with E-state index in [0.29, 0.717) is 12.3 Å². The van der Waals surface area contributed by atoms with Crippen molar-refractivity contribution in [2.45, 2.75) is 32.1 Å². The van der Waals surface area contributed by atoms with E-state index in [1.54, 1.807) is 6.20 Å². The molecule has 2 saturated carbocycles. The number of amides is 1. The summed E-state index contributed by atoms with van der Waals surface area (Å²) in [7, 11) is 1.83. The fraction of sp³-hybridized carbons (Fsp3) is 0.600. The summed E-state index contributed by atoms with van der Waals surface area (Å²) in [6.07, 6.45) is 7.71. The van der Waals surface area contributed by atoms with Gasteiger partial charge in [-0.05, 0) is 49.1 Å². The highest BCUT2D eigenvalue weighted by atomic mass is 35.5. The third-order valence-electron chi connectivity index (χ3n) is 4.64. The van der Waals surface area contributed by atoms with Crippen LogP contribution in [0, 0.1) is 17.8 Å². The maximum absolute atomic E-state index is 12.0. The number of rotatable bonds is 4. The number of hydrogen-bond acceptors (Lipinski definition) is 3. The van der Waals surface area contributed by atoms with E-state index in [-0.39, 0.29) is 18.3 Å². The average molecular weight is 296 g/mol. The first-order chi connectivity index (χ1) is 9.24. The zero-order valence-corrected chi connectivity index (χ0v) is 12.6. The van der Waals surface area contributed by atoms with Crippen LogP contribution >= 0.6 is 12.4 Å². The van der Waals surface area contributed by atoms with Gasteiger partial charge in [-0.15, -0.1) is 12.4 Å². The minimum atomic E-state index is 0. The molecule has 20 heavy (non-hydrogen) atoms. The first-order valence-corrected chi connectivity index (χ1v) is 7.18. The van der Waals surface area contributed by atoms with Crippen LogP contribution in [0.25, 0.3) is 0 Å². The first kappa shape index (κ1) is 15.1. The second-order valence-electron chi connectivity index (χ2n) is 5.87. The molecule has 0 aliphatic heterocycles. The van der Waals surface area contributed by atoms with E-state index < -0.39 is 0 Å². The molecule has 3 rings (SSSR count). The topological polar surface area (TPSA) is 54.0 Å². The maximum atomic E-state index is 12.0. The van der Waals surface area contributed by atoms with Crippen molar-refractivity contribution in [2.75, 3.05) is 17.7 Å². The van der Waals surface area contributed by atoms with Crippen LogP contribution in [-0.4, -0.2) is 17.9 Å². The molecule has 1 amide bonds. The smallest absolute Gasteiger partial charge is 0.224 e. The predicted molar refractivity (Wildman–Crippen MR) is 83.2 cm³/mol. The Morgan fingerprint density at radius 3 is 2.75 bits per heavy atom. The molecule has 3 unspecified atom stereocenters. The van der Waals surface area contributed by atoms with Gasteiger partial charge < -0.3 is 10.6 Å². The van der Waals surface area contributed by atoms with Crippen LogP contribution < -0.4 is 10.6 Å². The molecule has 1 aromatic heterocycles. The lowest BCUT2D eigenvalue weighted by molar-refractivity contribution is -0.117. The molecule has 0 saturated heterocycles. The molecule has 1 aromatic rings. The van der Waals surface area contributed by atoms with Crippen molar-refractivity contribution in [3.05, 3.63) is 18.3 Å². The number of carbonyl (C=O) groups is 1. The Hall–Kier alpha value is -1.29. The first-order valence-electron chi connectivity index (χ1n) is 7.18. The Bertz CT molecular complexity index is 463. The van der Waals surface area contributed by atoms with Gasteiger partial charge in [0.1, 0.15) is 5.82 Å². The van der Waals surface area contributed by atoms with E-state index in [4.69, 9.17) is 0 Å².